The van der Waals surface area contributed by atoms with Crippen molar-refractivity contribution in [2.75, 3.05) is 6.54 Å². The van der Waals surface area contributed by atoms with Gasteiger partial charge >= 0.3 is 0 Å². The largest absolute Gasteiger partial charge is 0.390 e. The summed E-state index contributed by atoms with van der Waals surface area (Å²) in [5.74, 6) is 1.10. The van der Waals surface area contributed by atoms with E-state index >= 15 is 0 Å². The molecule has 0 aromatic rings. The van der Waals surface area contributed by atoms with E-state index in [1.54, 1.807) is 0 Å². The lowest BCUT2D eigenvalue weighted by Gasteiger charge is -2.31. The van der Waals surface area contributed by atoms with E-state index in [9.17, 15) is 5.11 Å². The Hall–Kier alpha value is -0.0800. The third-order valence-electron chi connectivity index (χ3n) is 2.42. The van der Waals surface area contributed by atoms with Gasteiger partial charge in [0.15, 0.2) is 0 Å². The molecule has 0 saturated carbocycles. The molecule has 0 amide bonds. The highest BCUT2D eigenvalue weighted by Crippen LogP contribution is 2.28. The lowest BCUT2D eigenvalue weighted by molar-refractivity contribution is -0.00843. The van der Waals surface area contributed by atoms with Gasteiger partial charge in [0.05, 0.1) is 5.60 Å². The van der Waals surface area contributed by atoms with Crippen molar-refractivity contribution in [3.63, 3.8) is 0 Å². The molecule has 0 aliphatic carbocycles. The average Bonchev–Trinajstić information content (AvgIpc) is 1.97. The molecule has 0 aromatic heterocycles. The van der Waals surface area contributed by atoms with Crippen molar-refractivity contribution in [2.24, 2.45) is 17.6 Å². The van der Waals surface area contributed by atoms with E-state index in [0.717, 1.165) is 25.7 Å². The minimum atomic E-state index is -0.484. The molecule has 0 aromatic carbocycles. The van der Waals surface area contributed by atoms with Gasteiger partial charge < -0.3 is 10.8 Å². The highest BCUT2D eigenvalue weighted by atomic mass is 16.3. The van der Waals surface area contributed by atoms with Gasteiger partial charge in [0.25, 0.3) is 0 Å². The monoisotopic (exact) mass is 201 g/mol. The van der Waals surface area contributed by atoms with Gasteiger partial charge in [-0.05, 0) is 44.1 Å². The fourth-order valence-electron chi connectivity index (χ4n) is 2.24. The lowest BCUT2D eigenvalue weighted by Crippen LogP contribution is -2.33. The summed E-state index contributed by atoms with van der Waals surface area (Å²) in [5, 5.41) is 10.4. The number of aliphatic hydroxyl groups is 1. The molecule has 0 saturated heterocycles. The summed E-state index contributed by atoms with van der Waals surface area (Å²) in [6, 6.07) is 0. The molecule has 0 rings (SSSR count). The molecule has 2 heteroatoms. The zero-order chi connectivity index (χ0) is 11.2. The highest BCUT2D eigenvalue weighted by Gasteiger charge is 2.27. The Bertz CT molecular complexity index is 133. The highest BCUT2D eigenvalue weighted by molar-refractivity contribution is 4.81. The van der Waals surface area contributed by atoms with E-state index in [4.69, 9.17) is 5.73 Å². The Balaban J connectivity index is 4.17. The van der Waals surface area contributed by atoms with E-state index in [0.29, 0.717) is 18.4 Å². The Morgan fingerprint density at radius 1 is 1.07 bits per heavy atom. The molecular formula is C12H27NO. The zero-order valence-electron chi connectivity index (χ0n) is 10.2. The van der Waals surface area contributed by atoms with Crippen LogP contribution < -0.4 is 5.73 Å². The average molecular weight is 201 g/mol. The van der Waals surface area contributed by atoms with Crippen LogP contribution in [0.1, 0.15) is 53.4 Å². The van der Waals surface area contributed by atoms with Crippen LogP contribution >= 0.6 is 0 Å². The van der Waals surface area contributed by atoms with Crippen LogP contribution in [0, 0.1) is 11.8 Å². The molecule has 0 aliphatic rings. The minimum Gasteiger partial charge on any atom is -0.390 e. The smallest absolute Gasteiger partial charge is 0.0653 e. The molecule has 0 bridgehead atoms. The summed E-state index contributed by atoms with van der Waals surface area (Å²) in [4.78, 5) is 0. The molecule has 2 nitrogen and oxygen atoms in total. The minimum absolute atomic E-state index is 0.484. The first-order valence-corrected chi connectivity index (χ1v) is 5.82. The van der Waals surface area contributed by atoms with Gasteiger partial charge in [0.1, 0.15) is 0 Å². The lowest BCUT2D eigenvalue weighted by atomic mass is 9.82. The first kappa shape index (κ1) is 13.9. The molecule has 0 aliphatic heterocycles. The summed E-state index contributed by atoms with van der Waals surface area (Å²) >= 11 is 0. The van der Waals surface area contributed by atoms with Crippen LogP contribution in [0.3, 0.4) is 0 Å². The summed E-state index contributed by atoms with van der Waals surface area (Å²) in [6.45, 7) is 9.32. The summed E-state index contributed by atoms with van der Waals surface area (Å²) in [5.41, 5.74) is 5.00. The van der Waals surface area contributed by atoms with Crippen LogP contribution in [-0.2, 0) is 0 Å². The normalized spacial score (nSPS) is 12.9. The molecule has 0 radical (unpaired) electrons. The first-order chi connectivity index (χ1) is 6.39. The molecule has 0 atom stereocenters. The topological polar surface area (TPSA) is 46.2 Å². The van der Waals surface area contributed by atoms with Crippen LogP contribution in [0.25, 0.3) is 0 Å². The second-order valence-corrected chi connectivity index (χ2v) is 5.31. The van der Waals surface area contributed by atoms with Crippen LogP contribution in [0.2, 0.25) is 0 Å². The van der Waals surface area contributed by atoms with Gasteiger partial charge in [-0.2, -0.15) is 0 Å². The molecule has 0 fully saturated rings. The Morgan fingerprint density at radius 3 is 1.79 bits per heavy atom. The van der Waals surface area contributed by atoms with Crippen molar-refractivity contribution in [3.05, 3.63) is 0 Å². The van der Waals surface area contributed by atoms with Crippen molar-refractivity contribution in [3.8, 4) is 0 Å². The molecule has 14 heavy (non-hydrogen) atoms. The maximum Gasteiger partial charge on any atom is 0.0653 e. The summed E-state index contributed by atoms with van der Waals surface area (Å²) in [7, 11) is 0. The molecule has 3 N–H and O–H groups in total. The van der Waals surface area contributed by atoms with Crippen LogP contribution in [-0.4, -0.2) is 17.3 Å². The van der Waals surface area contributed by atoms with Gasteiger partial charge in [-0.25, -0.2) is 0 Å². The molecule has 86 valence electrons. The van der Waals surface area contributed by atoms with Crippen LogP contribution in [0.5, 0.6) is 0 Å². The fraction of sp³-hybridized carbons (Fsp3) is 1.00. The maximum atomic E-state index is 10.4. The van der Waals surface area contributed by atoms with Gasteiger partial charge in [-0.1, -0.05) is 27.7 Å². The SMILES string of the molecule is CC(C)CC(O)(CCCN)CC(C)C. The van der Waals surface area contributed by atoms with E-state index in [-0.39, 0.29) is 0 Å². The third-order valence-corrected chi connectivity index (χ3v) is 2.42. The van der Waals surface area contributed by atoms with Crippen LogP contribution in [0.4, 0.5) is 0 Å². The second-order valence-electron chi connectivity index (χ2n) is 5.31. The maximum absolute atomic E-state index is 10.4. The van der Waals surface area contributed by atoms with E-state index in [2.05, 4.69) is 27.7 Å². The zero-order valence-corrected chi connectivity index (χ0v) is 10.2. The quantitative estimate of drug-likeness (QED) is 0.665. The van der Waals surface area contributed by atoms with Gasteiger partial charge in [-0.3, -0.25) is 0 Å². The van der Waals surface area contributed by atoms with Crippen molar-refractivity contribution in [1.82, 2.24) is 0 Å². The van der Waals surface area contributed by atoms with E-state index < -0.39 is 5.60 Å². The predicted octanol–water partition coefficient (Wildman–Crippen LogP) is 2.55. The second kappa shape index (κ2) is 6.41. The number of hydrogen-bond donors (Lipinski definition) is 2. The Kier molecular flexibility index (Phi) is 6.38. The van der Waals surface area contributed by atoms with E-state index in [1.807, 2.05) is 0 Å². The number of rotatable bonds is 7. The van der Waals surface area contributed by atoms with Gasteiger partial charge in [-0.15, -0.1) is 0 Å². The molecule has 0 spiro atoms. The van der Waals surface area contributed by atoms with Gasteiger partial charge in [0, 0.05) is 0 Å². The van der Waals surface area contributed by atoms with Crippen molar-refractivity contribution >= 4 is 0 Å². The number of hydrogen-bond acceptors (Lipinski definition) is 2. The Labute approximate surface area is 88.9 Å². The van der Waals surface area contributed by atoms with Crippen molar-refractivity contribution in [1.29, 1.82) is 0 Å². The van der Waals surface area contributed by atoms with Gasteiger partial charge in [0.2, 0.25) is 0 Å². The molecule has 0 heterocycles. The van der Waals surface area contributed by atoms with E-state index in [1.165, 1.54) is 0 Å². The van der Waals surface area contributed by atoms with Crippen molar-refractivity contribution < 1.29 is 5.11 Å². The standard InChI is InChI=1S/C12H27NO/c1-10(2)8-12(14,6-5-7-13)9-11(3)4/h10-11,14H,5-9,13H2,1-4H3. The van der Waals surface area contributed by atoms with Crippen molar-refractivity contribution in [2.45, 2.75) is 59.0 Å². The predicted molar refractivity (Wildman–Crippen MR) is 62.1 cm³/mol. The van der Waals surface area contributed by atoms with Crippen LogP contribution in [0.15, 0.2) is 0 Å². The summed E-state index contributed by atoms with van der Waals surface area (Å²) < 4.78 is 0. The summed E-state index contributed by atoms with van der Waals surface area (Å²) in [6.07, 6.45) is 3.56. The molecule has 0 unspecified atom stereocenters. The Morgan fingerprint density at radius 2 is 1.50 bits per heavy atom. The third kappa shape index (κ3) is 6.39. The number of nitrogens with two attached hydrogens (primary N) is 1. The fourth-order valence-corrected chi connectivity index (χ4v) is 2.24. The first-order valence-electron chi connectivity index (χ1n) is 5.82. The molecular weight excluding hydrogens is 174 g/mol.